The Morgan fingerprint density at radius 2 is 2.05 bits per heavy atom. The number of ether oxygens (including phenoxy) is 1. The molecule has 112 valence electrons. The molecule has 0 aliphatic carbocycles. The van der Waals surface area contributed by atoms with E-state index in [0.717, 1.165) is 9.04 Å². The van der Waals surface area contributed by atoms with Crippen molar-refractivity contribution in [3.05, 3.63) is 43.5 Å². The number of fused-ring (bicyclic) bond motifs is 1. The molecule has 0 fully saturated rings. The van der Waals surface area contributed by atoms with E-state index in [2.05, 4.69) is 36.1 Å². The number of methoxy groups -OCH3 is 1. The zero-order valence-corrected chi connectivity index (χ0v) is 13.2. The first-order chi connectivity index (χ1) is 10.5. The number of nitrogens with one attached hydrogen (secondary N) is 1. The third-order valence-electron chi connectivity index (χ3n) is 3.13. The molecule has 0 bridgehead atoms. The Hall–Kier alpha value is -2.55. The second-order valence-electron chi connectivity index (χ2n) is 4.47. The topological polar surface area (TPSA) is 103 Å². The molecule has 0 aliphatic rings. The normalized spacial score (nSPS) is 10.9. The lowest BCUT2D eigenvalue weighted by Crippen LogP contribution is -2.33. The van der Waals surface area contributed by atoms with Gasteiger partial charge in [-0.05, 0) is 18.2 Å². The fourth-order valence-electron chi connectivity index (χ4n) is 1.96. The van der Waals surface area contributed by atoms with Crippen molar-refractivity contribution in [1.29, 1.82) is 0 Å². The van der Waals surface area contributed by atoms with Crippen LogP contribution in [0.25, 0.3) is 22.6 Å². The maximum absolute atomic E-state index is 12.1. The standard InChI is InChI=1S/C13H10BrN5O3/c1-19-12(20)9-11(16-13(19)21)18-17-10(15-9)7-5-6(14)3-4-8(7)22-2/h3-5H,1-2H3,(H,16,18,21). The number of halogens is 1. The van der Waals surface area contributed by atoms with Gasteiger partial charge in [0.15, 0.2) is 17.0 Å². The molecule has 0 radical (unpaired) electrons. The largest absolute Gasteiger partial charge is 0.496 e. The fourth-order valence-corrected chi connectivity index (χ4v) is 2.33. The van der Waals surface area contributed by atoms with E-state index in [1.165, 1.54) is 14.2 Å². The first-order valence-corrected chi connectivity index (χ1v) is 6.98. The lowest BCUT2D eigenvalue weighted by molar-refractivity contribution is 0.416. The number of H-pyrrole nitrogens is 1. The fraction of sp³-hybridized carbons (Fsp3) is 0.154. The van der Waals surface area contributed by atoms with Crippen LogP contribution in [0.2, 0.25) is 0 Å². The number of aromatic amines is 1. The van der Waals surface area contributed by atoms with E-state index in [9.17, 15) is 9.59 Å². The van der Waals surface area contributed by atoms with Crippen molar-refractivity contribution in [2.75, 3.05) is 7.11 Å². The van der Waals surface area contributed by atoms with Gasteiger partial charge in [0.2, 0.25) is 0 Å². The Bertz CT molecular complexity index is 995. The molecule has 0 atom stereocenters. The summed E-state index contributed by atoms with van der Waals surface area (Å²) in [4.78, 5) is 30.3. The van der Waals surface area contributed by atoms with Crippen molar-refractivity contribution in [1.82, 2.24) is 24.7 Å². The highest BCUT2D eigenvalue weighted by Crippen LogP contribution is 2.30. The first kappa shape index (κ1) is 14.4. The number of nitrogens with zero attached hydrogens (tertiary/aromatic N) is 4. The average molecular weight is 364 g/mol. The molecule has 0 unspecified atom stereocenters. The van der Waals surface area contributed by atoms with E-state index < -0.39 is 11.2 Å². The van der Waals surface area contributed by atoms with Crippen molar-refractivity contribution in [3.63, 3.8) is 0 Å². The van der Waals surface area contributed by atoms with Crippen LogP contribution in [0, 0.1) is 0 Å². The zero-order valence-electron chi connectivity index (χ0n) is 11.6. The summed E-state index contributed by atoms with van der Waals surface area (Å²) in [5, 5.41) is 7.83. The van der Waals surface area contributed by atoms with Gasteiger partial charge < -0.3 is 4.74 Å². The molecule has 0 amide bonds. The smallest absolute Gasteiger partial charge is 0.329 e. The van der Waals surface area contributed by atoms with Crippen molar-refractivity contribution in [2.24, 2.45) is 7.05 Å². The summed E-state index contributed by atoms with van der Waals surface area (Å²) in [6, 6.07) is 5.32. The second kappa shape index (κ2) is 5.34. The van der Waals surface area contributed by atoms with Gasteiger partial charge in [-0.25, -0.2) is 9.78 Å². The van der Waals surface area contributed by atoms with Crippen LogP contribution in [0.5, 0.6) is 5.75 Å². The molecule has 0 saturated heterocycles. The summed E-state index contributed by atoms with van der Waals surface area (Å²) in [5.74, 6) is 0.778. The van der Waals surface area contributed by atoms with Crippen LogP contribution in [0.4, 0.5) is 0 Å². The highest BCUT2D eigenvalue weighted by molar-refractivity contribution is 9.10. The van der Waals surface area contributed by atoms with Gasteiger partial charge in [0.25, 0.3) is 5.56 Å². The van der Waals surface area contributed by atoms with E-state index >= 15 is 0 Å². The number of hydrogen-bond donors (Lipinski definition) is 1. The third kappa shape index (κ3) is 2.29. The molecule has 3 aromatic rings. The van der Waals surface area contributed by atoms with Gasteiger partial charge in [0, 0.05) is 11.5 Å². The number of hydrogen-bond acceptors (Lipinski definition) is 6. The first-order valence-electron chi connectivity index (χ1n) is 6.19. The number of benzene rings is 1. The summed E-state index contributed by atoms with van der Waals surface area (Å²) in [7, 11) is 2.89. The molecule has 9 heteroatoms. The number of rotatable bonds is 2. The summed E-state index contributed by atoms with van der Waals surface area (Å²) in [5.41, 5.74) is -0.440. The Labute approximate surface area is 131 Å². The van der Waals surface area contributed by atoms with Crippen LogP contribution >= 0.6 is 15.9 Å². The molecule has 0 aliphatic heterocycles. The number of aromatic nitrogens is 5. The van der Waals surface area contributed by atoms with Crippen molar-refractivity contribution < 1.29 is 4.74 Å². The Morgan fingerprint density at radius 3 is 2.77 bits per heavy atom. The monoisotopic (exact) mass is 363 g/mol. The minimum atomic E-state index is -0.568. The van der Waals surface area contributed by atoms with Crippen LogP contribution in [0.3, 0.4) is 0 Å². The highest BCUT2D eigenvalue weighted by atomic mass is 79.9. The Morgan fingerprint density at radius 1 is 1.27 bits per heavy atom. The van der Waals surface area contributed by atoms with Gasteiger partial charge in [-0.2, -0.15) is 0 Å². The van der Waals surface area contributed by atoms with Crippen LogP contribution in [0.1, 0.15) is 0 Å². The average Bonchev–Trinajstić information content (AvgIpc) is 2.52. The summed E-state index contributed by atoms with van der Waals surface area (Å²) >= 11 is 3.36. The van der Waals surface area contributed by atoms with Crippen LogP contribution in [-0.2, 0) is 7.05 Å². The molecule has 22 heavy (non-hydrogen) atoms. The molecular weight excluding hydrogens is 354 g/mol. The maximum Gasteiger partial charge on any atom is 0.329 e. The van der Waals surface area contributed by atoms with Gasteiger partial charge >= 0.3 is 5.69 Å². The van der Waals surface area contributed by atoms with Gasteiger partial charge in [0.05, 0.1) is 12.7 Å². The third-order valence-corrected chi connectivity index (χ3v) is 3.62. The molecule has 0 saturated carbocycles. The molecule has 2 aromatic heterocycles. The quantitative estimate of drug-likeness (QED) is 0.723. The molecule has 1 N–H and O–H groups in total. The van der Waals surface area contributed by atoms with Crippen molar-refractivity contribution in [3.8, 4) is 17.1 Å². The van der Waals surface area contributed by atoms with E-state index in [1.807, 2.05) is 6.07 Å². The van der Waals surface area contributed by atoms with Crippen LogP contribution in [-0.4, -0.2) is 31.8 Å². The van der Waals surface area contributed by atoms with Gasteiger partial charge in [-0.1, -0.05) is 15.9 Å². The summed E-state index contributed by atoms with van der Waals surface area (Å²) < 4.78 is 7.01. The van der Waals surface area contributed by atoms with Crippen LogP contribution in [0.15, 0.2) is 32.3 Å². The lowest BCUT2D eigenvalue weighted by atomic mass is 10.2. The van der Waals surface area contributed by atoms with E-state index in [1.54, 1.807) is 12.1 Å². The van der Waals surface area contributed by atoms with Crippen molar-refractivity contribution >= 4 is 27.1 Å². The highest BCUT2D eigenvalue weighted by Gasteiger charge is 2.14. The Balaban J connectivity index is 2.32. The molecular formula is C13H10BrN5O3. The van der Waals surface area contributed by atoms with Crippen molar-refractivity contribution in [2.45, 2.75) is 0 Å². The minimum absolute atomic E-state index is 0.0362. The van der Waals surface area contributed by atoms with E-state index in [-0.39, 0.29) is 17.0 Å². The summed E-state index contributed by atoms with van der Waals surface area (Å²) in [6.45, 7) is 0. The van der Waals surface area contributed by atoms with Crippen LogP contribution < -0.4 is 16.0 Å². The predicted octanol–water partition coefficient (Wildman–Crippen LogP) is 0.850. The molecule has 3 rings (SSSR count). The SMILES string of the molecule is COc1ccc(Br)cc1-c1nnc2[nH]c(=O)n(C)c(=O)c2n1. The zero-order chi connectivity index (χ0) is 15.9. The Kier molecular flexibility index (Phi) is 3.49. The predicted molar refractivity (Wildman–Crippen MR) is 82.9 cm³/mol. The molecule has 8 nitrogen and oxygen atoms in total. The second-order valence-corrected chi connectivity index (χ2v) is 5.39. The minimum Gasteiger partial charge on any atom is -0.496 e. The maximum atomic E-state index is 12.1. The van der Waals surface area contributed by atoms with Gasteiger partial charge in [0.1, 0.15) is 5.75 Å². The molecule has 1 aromatic carbocycles. The molecule has 0 spiro atoms. The van der Waals surface area contributed by atoms with Gasteiger partial charge in [-0.3, -0.25) is 14.3 Å². The van der Waals surface area contributed by atoms with E-state index in [0.29, 0.717) is 11.3 Å². The lowest BCUT2D eigenvalue weighted by Gasteiger charge is -2.07. The summed E-state index contributed by atoms with van der Waals surface area (Å²) in [6.07, 6.45) is 0. The van der Waals surface area contributed by atoms with Gasteiger partial charge in [-0.15, -0.1) is 10.2 Å². The molecule has 2 heterocycles. The van der Waals surface area contributed by atoms with E-state index in [4.69, 9.17) is 4.74 Å².